The van der Waals surface area contributed by atoms with Crippen LogP contribution in [0.4, 0.5) is 34.1 Å². The maximum Gasteiger partial charge on any atom is 0.153 e. The number of hydrogen-bond donors (Lipinski definition) is 0. The van der Waals surface area contributed by atoms with E-state index in [1.165, 1.54) is 61.0 Å². The first-order chi connectivity index (χ1) is 26.8. The highest BCUT2D eigenvalue weighted by Gasteiger charge is 2.43. The average Bonchev–Trinajstić information content (AvgIpc) is 3.45. The largest absolute Gasteiger partial charge is 0.453 e. The highest BCUT2D eigenvalue weighted by molar-refractivity contribution is 6.06. The molecular weight excluding hydrogens is 669 g/mol. The average molecular weight is 709 g/mol. The van der Waals surface area contributed by atoms with Crippen molar-refractivity contribution in [2.75, 3.05) is 9.80 Å². The van der Waals surface area contributed by atoms with E-state index in [4.69, 9.17) is 4.74 Å². The molecule has 11 rings (SSSR count). The van der Waals surface area contributed by atoms with Gasteiger partial charge in [0.1, 0.15) is 0 Å². The zero-order valence-electron chi connectivity index (χ0n) is 31.5. The summed E-state index contributed by atoms with van der Waals surface area (Å²) in [6.07, 6.45) is 0. The molecule has 2 heterocycles. The van der Waals surface area contributed by atoms with Crippen LogP contribution in [0.15, 0.2) is 170 Å². The van der Waals surface area contributed by atoms with Gasteiger partial charge in [-0.25, -0.2) is 0 Å². The molecule has 0 spiro atoms. The van der Waals surface area contributed by atoms with Crippen molar-refractivity contribution in [3.05, 3.63) is 192 Å². The Kier molecular flexibility index (Phi) is 6.65. The van der Waals surface area contributed by atoms with Gasteiger partial charge in [-0.15, -0.1) is 0 Å². The summed E-state index contributed by atoms with van der Waals surface area (Å²) in [6.45, 7) is 9.45. The summed E-state index contributed by atoms with van der Waals surface area (Å²) in [4.78, 5) is 4.89. The molecule has 0 unspecified atom stereocenters. The summed E-state index contributed by atoms with van der Waals surface area (Å²) >= 11 is 0. The number of fused-ring (bicyclic) bond motifs is 9. The van der Waals surface area contributed by atoms with Crippen LogP contribution in [0.5, 0.6) is 11.5 Å². The van der Waals surface area contributed by atoms with E-state index in [1.807, 2.05) is 0 Å². The number of hydrogen-bond acceptors (Lipinski definition) is 3. The fourth-order valence-electron chi connectivity index (χ4n) is 9.57. The van der Waals surface area contributed by atoms with Gasteiger partial charge < -0.3 is 14.5 Å². The minimum atomic E-state index is -0.355. The smallest absolute Gasteiger partial charge is 0.153 e. The molecule has 8 aromatic carbocycles. The summed E-state index contributed by atoms with van der Waals surface area (Å²) in [5.74, 6) is 1.71. The Morgan fingerprint density at radius 2 is 1.13 bits per heavy atom. The van der Waals surface area contributed by atoms with Gasteiger partial charge >= 0.3 is 0 Å². The van der Waals surface area contributed by atoms with E-state index in [0.29, 0.717) is 0 Å². The second-order valence-corrected chi connectivity index (χ2v) is 16.2. The third-order valence-corrected chi connectivity index (χ3v) is 12.4. The molecule has 8 aromatic rings. The lowest BCUT2D eigenvalue weighted by molar-refractivity contribution is 0.472. The topological polar surface area (TPSA) is 15.7 Å². The van der Waals surface area contributed by atoms with E-state index in [0.717, 1.165) is 39.9 Å². The van der Waals surface area contributed by atoms with Crippen LogP contribution in [0.3, 0.4) is 0 Å². The van der Waals surface area contributed by atoms with Gasteiger partial charge in [-0.3, -0.25) is 0 Å². The molecule has 3 aliphatic rings. The molecule has 1 aliphatic carbocycles. The SMILES string of the molecule is CC1(C)c2ccccc2-c2ccc(N(c3ccccc3)c3cc4c5c(c3)C(C)(C)c3cc(-c6ccccc6)ccc3N5c3c(ccc5ccccc35)O4)cc21. The molecule has 0 radical (unpaired) electrons. The molecule has 0 bridgehead atoms. The van der Waals surface area contributed by atoms with Crippen LogP contribution in [0.25, 0.3) is 33.0 Å². The predicted octanol–water partition coefficient (Wildman–Crippen LogP) is 14.5. The van der Waals surface area contributed by atoms with E-state index in [2.05, 4.69) is 207 Å². The molecule has 0 N–H and O–H groups in total. The number of ether oxygens (including phenoxy) is 1. The fraction of sp³-hybridized carbons (Fsp3) is 0.115. The van der Waals surface area contributed by atoms with Crippen LogP contribution in [0.1, 0.15) is 49.9 Å². The Bertz CT molecular complexity index is 2850. The van der Waals surface area contributed by atoms with Crippen molar-refractivity contribution in [2.45, 2.75) is 38.5 Å². The van der Waals surface area contributed by atoms with Crippen molar-refractivity contribution in [1.29, 1.82) is 0 Å². The minimum Gasteiger partial charge on any atom is -0.453 e. The van der Waals surface area contributed by atoms with Crippen molar-refractivity contribution in [2.24, 2.45) is 0 Å². The van der Waals surface area contributed by atoms with Gasteiger partial charge in [0.05, 0.1) is 22.7 Å². The molecule has 3 heteroatoms. The second-order valence-electron chi connectivity index (χ2n) is 16.2. The summed E-state index contributed by atoms with van der Waals surface area (Å²) < 4.78 is 7.08. The Morgan fingerprint density at radius 3 is 1.96 bits per heavy atom. The molecule has 264 valence electrons. The minimum absolute atomic E-state index is 0.121. The summed E-state index contributed by atoms with van der Waals surface area (Å²) in [5, 5.41) is 2.36. The van der Waals surface area contributed by atoms with Gasteiger partial charge in [0.25, 0.3) is 0 Å². The Balaban J connectivity index is 1.17. The van der Waals surface area contributed by atoms with Crippen molar-refractivity contribution in [3.8, 4) is 33.8 Å². The molecule has 0 amide bonds. The monoisotopic (exact) mass is 708 g/mol. The lowest BCUT2D eigenvalue weighted by Gasteiger charge is -2.46. The quantitative estimate of drug-likeness (QED) is 0.181. The van der Waals surface area contributed by atoms with Crippen molar-refractivity contribution < 1.29 is 4.74 Å². The highest BCUT2D eigenvalue weighted by atomic mass is 16.5. The molecule has 0 saturated carbocycles. The number of nitrogens with zero attached hydrogens (tertiary/aromatic N) is 2. The Labute approximate surface area is 322 Å². The van der Waals surface area contributed by atoms with Gasteiger partial charge in [0, 0.05) is 33.7 Å². The zero-order chi connectivity index (χ0) is 37.1. The fourth-order valence-corrected chi connectivity index (χ4v) is 9.57. The molecule has 0 aromatic heterocycles. The molecule has 2 aliphatic heterocycles. The first-order valence-corrected chi connectivity index (χ1v) is 19.3. The molecule has 0 fully saturated rings. The maximum absolute atomic E-state index is 7.08. The predicted molar refractivity (Wildman–Crippen MR) is 229 cm³/mol. The number of anilines is 6. The van der Waals surface area contributed by atoms with Gasteiger partial charge in [-0.05, 0) is 98.4 Å². The van der Waals surface area contributed by atoms with Crippen LogP contribution in [0, 0.1) is 0 Å². The zero-order valence-corrected chi connectivity index (χ0v) is 31.5. The van der Waals surface area contributed by atoms with Crippen LogP contribution >= 0.6 is 0 Å². The van der Waals surface area contributed by atoms with Crippen molar-refractivity contribution in [3.63, 3.8) is 0 Å². The van der Waals surface area contributed by atoms with Crippen LogP contribution < -0.4 is 14.5 Å². The van der Waals surface area contributed by atoms with E-state index in [-0.39, 0.29) is 10.8 Å². The van der Waals surface area contributed by atoms with Crippen LogP contribution in [-0.2, 0) is 10.8 Å². The third kappa shape index (κ3) is 4.56. The standard InChI is InChI=1S/C52H40N2O/c1-51(2)42-22-14-13-21-40(42)41-26-25-37(30-43(41)51)53(36-18-9-6-10-19-36)38-31-45-50-48(32-38)55-47-28-24-34-17-11-12-20-39(34)49(47)54(50)46-27-23-35(29-44(46)52(45,3)4)33-15-7-5-8-16-33/h5-32H,1-4H3. The number of rotatable bonds is 4. The van der Waals surface area contributed by atoms with Crippen molar-refractivity contribution >= 4 is 44.9 Å². The highest BCUT2D eigenvalue weighted by Crippen LogP contribution is 2.63. The molecule has 0 saturated heterocycles. The van der Waals surface area contributed by atoms with E-state index in [1.54, 1.807) is 0 Å². The van der Waals surface area contributed by atoms with Crippen LogP contribution in [-0.4, -0.2) is 0 Å². The normalized spacial score (nSPS) is 14.9. The van der Waals surface area contributed by atoms with Crippen LogP contribution in [0.2, 0.25) is 0 Å². The molecular formula is C52H40N2O. The molecule has 3 nitrogen and oxygen atoms in total. The van der Waals surface area contributed by atoms with Gasteiger partial charge in [-0.2, -0.15) is 0 Å². The van der Waals surface area contributed by atoms with Gasteiger partial charge in [0.2, 0.25) is 0 Å². The Hall–Kier alpha value is -6.58. The Morgan fingerprint density at radius 1 is 0.436 bits per heavy atom. The number of benzene rings is 8. The summed E-state index contributed by atoms with van der Waals surface area (Å²) in [6, 6.07) is 62.0. The van der Waals surface area contributed by atoms with E-state index >= 15 is 0 Å². The first-order valence-electron chi connectivity index (χ1n) is 19.3. The summed E-state index contributed by atoms with van der Waals surface area (Å²) in [5.41, 5.74) is 16.5. The molecule has 0 atom stereocenters. The second kappa shape index (κ2) is 11.5. The lowest BCUT2D eigenvalue weighted by Crippen LogP contribution is -2.33. The summed E-state index contributed by atoms with van der Waals surface area (Å²) in [7, 11) is 0. The maximum atomic E-state index is 7.08. The first kappa shape index (κ1) is 31.9. The van der Waals surface area contributed by atoms with Crippen molar-refractivity contribution in [1.82, 2.24) is 0 Å². The third-order valence-electron chi connectivity index (χ3n) is 12.4. The van der Waals surface area contributed by atoms with E-state index < -0.39 is 0 Å². The number of para-hydroxylation sites is 1. The van der Waals surface area contributed by atoms with Gasteiger partial charge in [0.15, 0.2) is 11.5 Å². The van der Waals surface area contributed by atoms with E-state index in [9.17, 15) is 0 Å². The van der Waals surface area contributed by atoms with Gasteiger partial charge in [-0.1, -0.05) is 143 Å². The molecule has 55 heavy (non-hydrogen) atoms. The lowest BCUT2D eigenvalue weighted by atomic mass is 9.72.